The summed E-state index contributed by atoms with van der Waals surface area (Å²) in [5, 5.41) is 0. The molecule has 0 saturated heterocycles. The van der Waals surface area contributed by atoms with Crippen LogP contribution in [-0.2, 0) is 19.1 Å². The van der Waals surface area contributed by atoms with Crippen LogP contribution in [0.3, 0.4) is 0 Å². The van der Waals surface area contributed by atoms with Crippen molar-refractivity contribution in [3.05, 3.63) is 0 Å². The van der Waals surface area contributed by atoms with E-state index in [1.807, 2.05) is 11.8 Å². The Balaban J connectivity index is 0. The standard InChI is InChI=1S/C13H25NO4.BrH/c1-6-9-14(10(4)17-12(15)7-2)11(5)18-13(16)8-3;/h10-11H,6-9H2,1-5H3;1H. The zero-order valence-electron chi connectivity index (χ0n) is 12.5. The van der Waals surface area contributed by atoms with E-state index in [0.29, 0.717) is 19.4 Å². The van der Waals surface area contributed by atoms with E-state index in [9.17, 15) is 9.59 Å². The van der Waals surface area contributed by atoms with Crippen LogP contribution in [0.4, 0.5) is 0 Å². The number of halogens is 1. The predicted octanol–water partition coefficient (Wildman–Crippen LogP) is 2.87. The number of ether oxygens (including phenoxy) is 2. The number of hydrogen-bond acceptors (Lipinski definition) is 5. The van der Waals surface area contributed by atoms with Gasteiger partial charge < -0.3 is 9.47 Å². The quantitative estimate of drug-likeness (QED) is 0.502. The zero-order chi connectivity index (χ0) is 14.1. The van der Waals surface area contributed by atoms with Crippen molar-refractivity contribution in [1.82, 2.24) is 4.90 Å². The molecule has 2 unspecified atom stereocenters. The monoisotopic (exact) mass is 339 g/mol. The van der Waals surface area contributed by atoms with Gasteiger partial charge >= 0.3 is 11.9 Å². The first-order valence-corrected chi connectivity index (χ1v) is 6.60. The second kappa shape index (κ2) is 11.2. The van der Waals surface area contributed by atoms with Gasteiger partial charge in [0.1, 0.15) is 0 Å². The first kappa shape index (κ1) is 20.7. The Hall–Kier alpha value is -0.620. The molecule has 0 spiro atoms. The van der Waals surface area contributed by atoms with Crippen molar-refractivity contribution >= 4 is 28.9 Å². The number of carbonyl (C=O) groups excluding carboxylic acids is 2. The van der Waals surface area contributed by atoms with Crippen molar-refractivity contribution in [2.45, 2.75) is 66.3 Å². The summed E-state index contributed by atoms with van der Waals surface area (Å²) in [7, 11) is 0. The summed E-state index contributed by atoms with van der Waals surface area (Å²) in [6.07, 6.45) is 0.789. The minimum atomic E-state index is -0.392. The Morgan fingerprint density at radius 3 is 1.58 bits per heavy atom. The minimum Gasteiger partial charge on any atom is -0.447 e. The first-order valence-electron chi connectivity index (χ1n) is 6.60. The molecule has 6 heteroatoms. The maximum Gasteiger partial charge on any atom is 0.307 e. The molecular formula is C13H26BrNO4. The van der Waals surface area contributed by atoms with Gasteiger partial charge in [-0.1, -0.05) is 20.8 Å². The van der Waals surface area contributed by atoms with Crippen LogP contribution in [-0.4, -0.2) is 35.8 Å². The van der Waals surface area contributed by atoms with Gasteiger partial charge in [-0.2, -0.15) is 0 Å². The molecule has 0 aliphatic carbocycles. The molecule has 0 heterocycles. The lowest BCUT2D eigenvalue weighted by Gasteiger charge is -2.32. The minimum absolute atomic E-state index is 0. The molecule has 0 aromatic rings. The Morgan fingerprint density at radius 2 is 1.32 bits per heavy atom. The normalized spacial score (nSPS) is 13.4. The van der Waals surface area contributed by atoms with Gasteiger partial charge in [0.05, 0.1) is 0 Å². The van der Waals surface area contributed by atoms with Gasteiger partial charge in [-0.25, -0.2) is 4.90 Å². The van der Waals surface area contributed by atoms with Gasteiger partial charge in [-0.05, 0) is 20.3 Å². The zero-order valence-corrected chi connectivity index (χ0v) is 14.2. The van der Waals surface area contributed by atoms with Crippen molar-refractivity contribution in [2.75, 3.05) is 6.54 Å². The van der Waals surface area contributed by atoms with Crippen LogP contribution >= 0.6 is 17.0 Å². The Labute approximate surface area is 126 Å². The van der Waals surface area contributed by atoms with Gasteiger partial charge in [-0.15, -0.1) is 17.0 Å². The van der Waals surface area contributed by atoms with Crippen LogP contribution in [0.15, 0.2) is 0 Å². The average Bonchev–Trinajstić information content (AvgIpc) is 2.34. The van der Waals surface area contributed by atoms with Crippen molar-refractivity contribution in [3.63, 3.8) is 0 Å². The molecule has 0 aromatic carbocycles. The van der Waals surface area contributed by atoms with E-state index in [1.54, 1.807) is 27.7 Å². The lowest BCUT2D eigenvalue weighted by Crippen LogP contribution is -2.45. The molecule has 0 aliphatic rings. The summed E-state index contributed by atoms with van der Waals surface area (Å²) >= 11 is 0. The summed E-state index contributed by atoms with van der Waals surface area (Å²) in [6, 6.07) is 0. The summed E-state index contributed by atoms with van der Waals surface area (Å²) in [5.74, 6) is -0.504. The maximum atomic E-state index is 11.3. The van der Waals surface area contributed by atoms with E-state index in [1.165, 1.54) is 0 Å². The van der Waals surface area contributed by atoms with Gasteiger partial charge in [0.25, 0.3) is 0 Å². The van der Waals surface area contributed by atoms with E-state index >= 15 is 0 Å². The van der Waals surface area contributed by atoms with Crippen LogP contribution in [0, 0.1) is 0 Å². The molecule has 2 atom stereocenters. The summed E-state index contributed by atoms with van der Waals surface area (Å²) in [5.41, 5.74) is 0. The number of rotatable bonds is 8. The highest BCUT2D eigenvalue weighted by Gasteiger charge is 2.24. The predicted molar refractivity (Wildman–Crippen MR) is 79.0 cm³/mol. The van der Waals surface area contributed by atoms with Crippen molar-refractivity contribution in [3.8, 4) is 0 Å². The molecule has 0 rings (SSSR count). The van der Waals surface area contributed by atoms with Crippen LogP contribution in [0.5, 0.6) is 0 Å². The molecule has 0 N–H and O–H groups in total. The molecule has 0 aromatic heterocycles. The number of carbonyl (C=O) groups is 2. The van der Waals surface area contributed by atoms with E-state index in [4.69, 9.17) is 9.47 Å². The maximum absolute atomic E-state index is 11.3. The van der Waals surface area contributed by atoms with Crippen molar-refractivity contribution in [1.29, 1.82) is 0 Å². The third kappa shape index (κ3) is 8.21. The van der Waals surface area contributed by atoms with Gasteiger partial charge in [-0.3, -0.25) is 9.59 Å². The second-order valence-electron chi connectivity index (χ2n) is 4.12. The smallest absolute Gasteiger partial charge is 0.307 e. The van der Waals surface area contributed by atoms with Crippen LogP contribution in [0.1, 0.15) is 53.9 Å². The fourth-order valence-electron chi connectivity index (χ4n) is 1.60. The highest BCUT2D eigenvalue weighted by atomic mass is 79.9. The van der Waals surface area contributed by atoms with Gasteiger partial charge in [0, 0.05) is 19.4 Å². The Morgan fingerprint density at radius 1 is 0.947 bits per heavy atom. The summed E-state index contributed by atoms with van der Waals surface area (Å²) in [6.45, 7) is 9.81. The SMILES string of the molecule is Br.CCCN(C(C)OC(=O)CC)C(C)OC(=O)CC. The molecule has 0 fully saturated rings. The average molecular weight is 340 g/mol. The largest absolute Gasteiger partial charge is 0.447 e. The van der Waals surface area contributed by atoms with E-state index in [0.717, 1.165) is 6.42 Å². The molecule has 0 saturated carbocycles. The molecule has 0 aliphatic heterocycles. The molecule has 19 heavy (non-hydrogen) atoms. The molecular weight excluding hydrogens is 314 g/mol. The number of esters is 2. The highest BCUT2D eigenvalue weighted by molar-refractivity contribution is 8.93. The van der Waals surface area contributed by atoms with Crippen LogP contribution in [0.25, 0.3) is 0 Å². The van der Waals surface area contributed by atoms with Gasteiger partial charge in [0.15, 0.2) is 12.5 Å². The first-order chi connectivity index (χ1) is 8.46. The van der Waals surface area contributed by atoms with Gasteiger partial charge in [0.2, 0.25) is 0 Å². The number of hydrogen-bond donors (Lipinski definition) is 0. The second-order valence-corrected chi connectivity index (χ2v) is 4.12. The third-order valence-electron chi connectivity index (χ3n) is 2.60. The highest BCUT2D eigenvalue weighted by Crippen LogP contribution is 2.11. The van der Waals surface area contributed by atoms with Crippen molar-refractivity contribution in [2.24, 2.45) is 0 Å². The summed E-state index contributed by atoms with van der Waals surface area (Å²) in [4.78, 5) is 24.4. The molecule has 0 amide bonds. The molecule has 0 bridgehead atoms. The fraction of sp³-hybridized carbons (Fsp3) is 0.846. The Kier molecular flexibility index (Phi) is 12.2. The topological polar surface area (TPSA) is 55.8 Å². The van der Waals surface area contributed by atoms with E-state index in [2.05, 4.69) is 0 Å². The molecule has 5 nitrogen and oxygen atoms in total. The van der Waals surface area contributed by atoms with Crippen LogP contribution < -0.4 is 0 Å². The van der Waals surface area contributed by atoms with Crippen molar-refractivity contribution < 1.29 is 19.1 Å². The number of nitrogens with zero attached hydrogens (tertiary/aromatic N) is 1. The lowest BCUT2D eigenvalue weighted by molar-refractivity contribution is -0.179. The summed E-state index contributed by atoms with van der Waals surface area (Å²) < 4.78 is 10.5. The Bertz CT molecular complexity index is 249. The molecule has 0 radical (unpaired) electrons. The van der Waals surface area contributed by atoms with Crippen LogP contribution in [0.2, 0.25) is 0 Å². The lowest BCUT2D eigenvalue weighted by atomic mass is 10.3. The van der Waals surface area contributed by atoms with E-state index < -0.39 is 12.5 Å². The fourth-order valence-corrected chi connectivity index (χ4v) is 1.60. The third-order valence-corrected chi connectivity index (χ3v) is 2.60. The van der Waals surface area contributed by atoms with E-state index in [-0.39, 0.29) is 28.9 Å². The molecule has 114 valence electrons.